The largest absolute Gasteiger partial charge is 0.235 e. The van der Waals surface area contributed by atoms with Gasteiger partial charge in [-0.05, 0) is 19.3 Å². The lowest BCUT2D eigenvalue weighted by molar-refractivity contribution is 0.489. The fourth-order valence-corrected chi connectivity index (χ4v) is 2.55. The molecule has 0 N–H and O–H groups in total. The van der Waals surface area contributed by atoms with Crippen molar-refractivity contribution < 1.29 is 8.42 Å². The summed E-state index contributed by atoms with van der Waals surface area (Å²) in [6.45, 7) is 1.70. The molecule has 2 nitrogen and oxygen atoms in total. The first-order chi connectivity index (χ1) is 5.50. The fourth-order valence-electron chi connectivity index (χ4n) is 1.83. The minimum atomic E-state index is -3.32. The average Bonchev–Trinajstić information content (AvgIpc) is 2.37. The van der Waals surface area contributed by atoms with Crippen molar-refractivity contribution in [1.82, 2.24) is 0 Å². The van der Waals surface area contributed by atoms with Gasteiger partial charge in [-0.1, -0.05) is 25.7 Å². The zero-order valence-electron chi connectivity index (χ0n) is 7.29. The molecule has 0 heterocycles. The Balaban J connectivity index is 2.40. The summed E-state index contributed by atoms with van der Waals surface area (Å²) in [4.78, 5) is 0. The highest BCUT2D eigenvalue weighted by Crippen LogP contribution is 2.30. The number of rotatable bonds is 3. The van der Waals surface area contributed by atoms with Crippen molar-refractivity contribution in [3.05, 3.63) is 0 Å². The van der Waals surface area contributed by atoms with Crippen LogP contribution >= 0.6 is 10.7 Å². The topological polar surface area (TPSA) is 34.1 Å². The maximum Gasteiger partial charge on any atom is 0.235 e. The summed E-state index contributed by atoms with van der Waals surface area (Å²) in [5.74, 6) is 0.591. The zero-order valence-corrected chi connectivity index (χ0v) is 8.87. The molecule has 4 heteroatoms. The van der Waals surface area contributed by atoms with Crippen molar-refractivity contribution in [3.63, 3.8) is 0 Å². The van der Waals surface area contributed by atoms with Crippen LogP contribution in [0.2, 0.25) is 0 Å². The number of halogens is 1. The van der Waals surface area contributed by atoms with Crippen molar-refractivity contribution in [3.8, 4) is 0 Å². The number of hydrogen-bond acceptors (Lipinski definition) is 2. The lowest BCUT2D eigenvalue weighted by Crippen LogP contribution is -2.15. The zero-order chi connectivity index (χ0) is 9.19. The molecule has 72 valence electrons. The molecule has 1 rings (SSSR count). The van der Waals surface area contributed by atoms with Gasteiger partial charge < -0.3 is 0 Å². The van der Waals surface area contributed by atoms with Gasteiger partial charge in [0.2, 0.25) is 9.05 Å². The van der Waals surface area contributed by atoms with E-state index in [2.05, 4.69) is 0 Å². The molecule has 0 radical (unpaired) electrons. The van der Waals surface area contributed by atoms with E-state index in [1.807, 2.05) is 0 Å². The van der Waals surface area contributed by atoms with Crippen LogP contribution in [0.1, 0.15) is 39.0 Å². The molecule has 1 atom stereocenters. The predicted octanol–water partition coefficient (Wildman–Crippen LogP) is 2.52. The molecule has 0 saturated heterocycles. The fraction of sp³-hybridized carbons (Fsp3) is 1.00. The smallest absolute Gasteiger partial charge is 0.212 e. The number of hydrogen-bond donors (Lipinski definition) is 0. The SMILES string of the molecule is CC(CC1CCCC1)S(=O)(=O)Cl. The molecule has 1 saturated carbocycles. The van der Waals surface area contributed by atoms with E-state index in [4.69, 9.17) is 10.7 Å². The summed E-state index contributed by atoms with van der Waals surface area (Å²) in [6.07, 6.45) is 5.60. The van der Waals surface area contributed by atoms with Crippen LogP contribution in [0.4, 0.5) is 0 Å². The van der Waals surface area contributed by atoms with Gasteiger partial charge in [0.25, 0.3) is 0 Å². The van der Waals surface area contributed by atoms with Gasteiger partial charge in [0.05, 0.1) is 5.25 Å². The second-order valence-corrected chi connectivity index (χ2v) is 6.72. The normalized spacial score (nSPS) is 22.8. The third-order valence-corrected chi connectivity index (χ3v) is 4.69. The summed E-state index contributed by atoms with van der Waals surface area (Å²) in [5.41, 5.74) is 0. The molecule has 0 bridgehead atoms. The summed E-state index contributed by atoms with van der Waals surface area (Å²) >= 11 is 0. The van der Waals surface area contributed by atoms with Crippen LogP contribution in [0, 0.1) is 5.92 Å². The van der Waals surface area contributed by atoms with Crippen molar-refractivity contribution in [2.75, 3.05) is 0 Å². The molecule has 0 aromatic rings. The second kappa shape index (κ2) is 3.97. The standard InChI is InChI=1S/C8H15ClO2S/c1-7(12(9,10)11)6-8-4-2-3-5-8/h7-8H,2-6H2,1H3. The van der Waals surface area contributed by atoms with E-state index < -0.39 is 9.05 Å². The lowest BCUT2D eigenvalue weighted by atomic mass is 10.0. The molecule has 0 spiro atoms. The summed E-state index contributed by atoms with van der Waals surface area (Å²) in [6, 6.07) is 0. The predicted molar refractivity (Wildman–Crippen MR) is 50.8 cm³/mol. The first-order valence-electron chi connectivity index (χ1n) is 4.43. The van der Waals surface area contributed by atoms with Crippen molar-refractivity contribution in [2.45, 2.75) is 44.3 Å². The van der Waals surface area contributed by atoms with Gasteiger partial charge in [0.15, 0.2) is 0 Å². The molecular formula is C8H15ClO2S. The second-order valence-electron chi connectivity index (χ2n) is 3.67. The van der Waals surface area contributed by atoms with E-state index in [9.17, 15) is 8.42 Å². The van der Waals surface area contributed by atoms with E-state index in [0.717, 1.165) is 6.42 Å². The molecule has 12 heavy (non-hydrogen) atoms. The molecular weight excluding hydrogens is 196 g/mol. The molecule has 1 aliphatic rings. The quantitative estimate of drug-likeness (QED) is 0.671. The van der Waals surface area contributed by atoms with Crippen LogP contribution in [0.25, 0.3) is 0 Å². The molecule has 0 amide bonds. The van der Waals surface area contributed by atoms with Crippen LogP contribution in [0.5, 0.6) is 0 Å². The third-order valence-electron chi connectivity index (χ3n) is 2.62. The highest BCUT2D eigenvalue weighted by Gasteiger charge is 2.24. The van der Waals surface area contributed by atoms with Gasteiger partial charge >= 0.3 is 0 Å². The Labute approximate surface area is 78.7 Å². The van der Waals surface area contributed by atoms with Gasteiger partial charge in [-0.25, -0.2) is 8.42 Å². The van der Waals surface area contributed by atoms with E-state index in [1.165, 1.54) is 25.7 Å². The van der Waals surface area contributed by atoms with Gasteiger partial charge in [0, 0.05) is 10.7 Å². The third kappa shape index (κ3) is 2.94. The molecule has 1 unspecified atom stereocenters. The Morgan fingerprint density at radius 1 is 1.42 bits per heavy atom. The summed E-state index contributed by atoms with van der Waals surface area (Å²) in [5, 5.41) is -0.373. The van der Waals surface area contributed by atoms with Crippen LogP contribution in [0.3, 0.4) is 0 Å². The maximum atomic E-state index is 10.9. The molecule has 0 aromatic carbocycles. The Morgan fingerprint density at radius 2 is 1.92 bits per heavy atom. The van der Waals surface area contributed by atoms with Crippen molar-refractivity contribution in [1.29, 1.82) is 0 Å². The van der Waals surface area contributed by atoms with Crippen LogP contribution < -0.4 is 0 Å². The maximum absolute atomic E-state index is 10.9. The van der Waals surface area contributed by atoms with E-state index in [-0.39, 0.29) is 5.25 Å². The Kier molecular flexibility index (Phi) is 3.41. The Bertz CT molecular complexity index is 229. The summed E-state index contributed by atoms with van der Waals surface area (Å²) < 4.78 is 21.8. The van der Waals surface area contributed by atoms with Crippen molar-refractivity contribution in [2.24, 2.45) is 5.92 Å². The molecule has 0 aromatic heterocycles. The van der Waals surface area contributed by atoms with Crippen LogP contribution in [-0.4, -0.2) is 13.7 Å². The van der Waals surface area contributed by atoms with E-state index >= 15 is 0 Å². The minimum absolute atomic E-state index is 0.373. The lowest BCUT2D eigenvalue weighted by Gasteiger charge is -2.12. The Hall–Kier alpha value is 0.240. The van der Waals surface area contributed by atoms with Gasteiger partial charge in [-0.3, -0.25) is 0 Å². The molecule has 0 aliphatic heterocycles. The Morgan fingerprint density at radius 3 is 2.33 bits per heavy atom. The monoisotopic (exact) mass is 210 g/mol. The summed E-state index contributed by atoms with van der Waals surface area (Å²) in [7, 11) is 1.92. The molecule has 1 aliphatic carbocycles. The molecule has 1 fully saturated rings. The highest BCUT2D eigenvalue weighted by molar-refractivity contribution is 8.14. The van der Waals surface area contributed by atoms with Crippen LogP contribution in [0.15, 0.2) is 0 Å². The minimum Gasteiger partial charge on any atom is -0.212 e. The van der Waals surface area contributed by atoms with Gasteiger partial charge in [-0.2, -0.15) is 0 Å². The average molecular weight is 211 g/mol. The van der Waals surface area contributed by atoms with Crippen molar-refractivity contribution >= 4 is 19.7 Å². The first-order valence-corrected chi connectivity index (χ1v) is 6.81. The van der Waals surface area contributed by atoms with Crippen LogP contribution in [-0.2, 0) is 9.05 Å². The highest BCUT2D eigenvalue weighted by atomic mass is 35.7. The van der Waals surface area contributed by atoms with Gasteiger partial charge in [0.1, 0.15) is 0 Å². The van der Waals surface area contributed by atoms with E-state index in [1.54, 1.807) is 6.92 Å². The van der Waals surface area contributed by atoms with E-state index in [0.29, 0.717) is 5.92 Å². The first kappa shape index (κ1) is 10.3. The van der Waals surface area contributed by atoms with Gasteiger partial charge in [-0.15, -0.1) is 0 Å².